The topological polar surface area (TPSA) is 48.4 Å². The number of aromatic nitrogens is 1. The SMILES string of the molecule is COCc1ccnc(C(=O)OC)c1. The first-order valence-corrected chi connectivity index (χ1v) is 3.80. The standard InChI is InChI=1S/C9H11NO3/c1-12-6-7-3-4-10-8(5-7)9(11)13-2/h3-5H,6H2,1-2H3. The fourth-order valence-electron chi connectivity index (χ4n) is 0.947. The number of carbonyl (C=O) groups excluding carboxylic acids is 1. The van der Waals surface area contributed by atoms with Gasteiger partial charge in [0.1, 0.15) is 5.69 Å². The van der Waals surface area contributed by atoms with Gasteiger partial charge >= 0.3 is 5.97 Å². The van der Waals surface area contributed by atoms with Crippen LogP contribution in [0.5, 0.6) is 0 Å². The van der Waals surface area contributed by atoms with E-state index in [0.29, 0.717) is 12.3 Å². The summed E-state index contributed by atoms with van der Waals surface area (Å²) in [5, 5.41) is 0. The summed E-state index contributed by atoms with van der Waals surface area (Å²) in [5.41, 5.74) is 1.20. The second-order valence-electron chi connectivity index (χ2n) is 2.47. The van der Waals surface area contributed by atoms with Gasteiger partial charge in [-0.05, 0) is 17.7 Å². The fourth-order valence-corrected chi connectivity index (χ4v) is 0.947. The molecule has 0 spiro atoms. The van der Waals surface area contributed by atoms with Crippen LogP contribution in [0.1, 0.15) is 16.1 Å². The van der Waals surface area contributed by atoms with Crippen molar-refractivity contribution < 1.29 is 14.3 Å². The third kappa shape index (κ3) is 2.52. The van der Waals surface area contributed by atoms with E-state index >= 15 is 0 Å². The van der Waals surface area contributed by atoms with Crippen LogP contribution in [0, 0.1) is 0 Å². The van der Waals surface area contributed by atoms with Crippen LogP contribution in [0.3, 0.4) is 0 Å². The highest BCUT2D eigenvalue weighted by atomic mass is 16.5. The maximum absolute atomic E-state index is 11.0. The zero-order valence-corrected chi connectivity index (χ0v) is 7.61. The largest absolute Gasteiger partial charge is 0.464 e. The van der Waals surface area contributed by atoms with E-state index in [1.807, 2.05) is 0 Å². The molecule has 0 saturated carbocycles. The monoisotopic (exact) mass is 181 g/mol. The molecular formula is C9H11NO3. The quantitative estimate of drug-likeness (QED) is 0.653. The molecule has 0 atom stereocenters. The van der Waals surface area contributed by atoms with Gasteiger partial charge in [-0.1, -0.05) is 0 Å². The molecule has 1 heterocycles. The van der Waals surface area contributed by atoms with Gasteiger partial charge < -0.3 is 9.47 Å². The van der Waals surface area contributed by atoms with Crippen molar-refractivity contribution in [3.63, 3.8) is 0 Å². The highest BCUT2D eigenvalue weighted by Gasteiger charge is 2.06. The minimum Gasteiger partial charge on any atom is -0.464 e. The molecule has 4 heteroatoms. The van der Waals surface area contributed by atoms with Crippen LogP contribution < -0.4 is 0 Å². The number of ether oxygens (including phenoxy) is 2. The first-order valence-electron chi connectivity index (χ1n) is 3.80. The number of pyridine rings is 1. The van der Waals surface area contributed by atoms with Gasteiger partial charge in [-0.15, -0.1) is 0 Å². The summed E-state index contributed by atoms with van der Waals surface area (Å²) < 4.78 is 9.44. The molecule has 0 aliphatic rings. The Morgan fingerprint density at radius 3 is 2.92 bits per heavy atom. The lowest BCUT2D eigenvalue weighted by atomic mass is 10.2. The van der Waals surface area contributed by atoms with Crippen LogP contribution in [-0.4, -0.2) is 25.2 Å². The predicted octanol–water partition coefficient (Wildman–Crippen LogP) is 1.01. The van der Waals surface area contributed by atoms with Gasteiger partial charge in [-0.2, -0.15) is 0 Å². The van der Waals surface area contributed by atoms with E-state index in [2.05, 4.69) is 9.72 Å². The fraction of sp³-hybridized carbons (Fsp3) is 0.333. The van der Waals surface area contributed by atoms with Crippen LogP contribution in [-0.2, 0) is 16.1 Å². The second-order valence-corrected chi connectivity index (χ2v) is 2.47. The number of methoxy groups -OCH3 is 2. The summed E-state index contributed by atoms with van der Waals surface area (Å²) in [7, 11) is 2.92. The lowest BCUT2D eigenvalue weighted by molar-refractivity contribution is 0.0593. The summed E-state index contributed by atoms with van der Waals surface area (Å²) >= 11 is 0. The van der Waals surface area contributed by atoms with Crippen molar-refractivity contribution in [2.24, 2.45) is 0 Å². The first kappa shape index (κ1) is 9.67. The van der Waals surface area contributed by atoms with E-state index in [1.165, 1.54) is 7.11 Å². The Hall–Kier alpha value is -1.42. The lowest BCUT2D eigenvalue weighted by Gasteiger charge is -2.01. The van der Waals surface area contributed by atoms with E-state index < -0.39 is 5.97 Å². The van der Waals surface area contributed by atoms with Gasteiger partial charge in [0.05, 0.1) is 13.7 Å². The number of hydrogen-bond acceptors (Lipinski definition) is 4. The Morgan fingerprint density at radius 1 is 1.54 bits per heavy atom. The molecule has 0 radical (unpaired) electrons. The normalized spacial score (nSPS) is 9.69. The van der Waals surface area contributed by atoms with Crippen LogP contribution in [0.15, 0.2) is 18.3 Å². The van der Waals surface area contributed by atoms with Crippen molar-refractivity contribution in [3.05, 3.63) is 29.6 Å². The number of hydrogen-bond donors (Lipinski definition) is 0. The Bertz CT molecular complexity index is 299. The van der Waals surface area contributed by atoms with Crippen molar-refractivity contribution in [2.45, 2.75) is 6.61 Å². The predicted molar refractivity (Wildman–Crippen MR) is 46.3 cm³/mol. The Kier molecular flexibility index (Phi) is 3.40. The van der Waals surface area contributed by atoms with Gasteiger partial charge in [-0.3, -0.25) is 0 Å². The Labute approximate surface area is 76.5 Å². The lowest BCUT2D eigenvalue weighted by Crippen LogP contribution is -2.04. The van der Waals surface area contributed by atoms with Gasteiger partial charge in [0, 0.05) is 13.3 Å². The highest BCUT2D eigenvalue weighted by Crippen LogP contribution is 2.03. The molecule has 1 aromatic heterocycles. The van der Waals surface area contributed by atoms with Crippen molar-refractivity contribution in [1.82, 2.24) is 4.98 Å². The smallest absolute Gasteiger partial charge is 0.356 e. The molecule has 0 aliphatic carbocycles. The van der Waals surface area contributed by atoms with Gasteiger partial charge in [-0.25, -0.2) is 9.78 Å². The first-order chi connectivity index (χ1) is 6.27. The van der Waals surface area contributed by atoms with Crippen molar-refractivity contribution in [3.8, 4) is 0 Å². The molecule has 0 bridgehead atoms. The summed E-state index contributed by atoms with van der Waals surface area (Å²) in [5.74, 6) is -0.432. The minimum absolute atomic E-state index is 0.303. The number of rotatable bonds is 3. The molecule has 13 heavy (non-hydrogen) atoms. The van der Waals surface area contributed by atoms with E-state index in [-0.39, 0.29) is 0 Å². The number of carbonyl (C=O) groups is 1. The third-order valence-corrected chi connectivity index (χ3v) is 1.53. The maximum atomic E-state index is 11.0. The second kappa shape index (κ2) is 4.57. The summed E-state index contributed by atoms with van der Waals surface area (Å²) in [6.07, 6.45) is 1.56. The molecule has 1 aromatic rings. The van der Waals surface area contributed by atoms with Crippen molar-refractivity contribution >= 4 is 5.97 Å². The molecule has 4 nitrogen and oxygen atoms in total. The van der Waals surface area contributed by atoms with E-state index in [9.17, 15) is 4.79 Å². The molecule has 0 fully saturated rings. The van der Waals surface area contributed by atoms with Gasteiger partial charge in [0.15, 0.2) is 0 Å². The molecule has 0 aromatic carbocycles. The minimum atomic E-state index is -0.432. The van der Waals surface area contributed by atoms with Crippen LogP contribution in [0.4, 0.5) is 0 Å². The third-order valence-electron chi connectivity index (χ3n) is 1.53. The molecule has 1 rings (SSSR count). The average Bonchev–Trinajstić information content (AvgIpc) is 2.18. The number of esters is 1. The Balaban J connectivity index is 2.85. The summed E-state index contributed by atoms with van der Waals surface area (Å²) in [4.78, 5) is 14.9. The molecule has 0 amide bonds. The molecule has 0 aliphatic heterocycles. The van der Waals surface area contributed by atoms with E-state index in [1.54, 1.807) is 25.4 Å². The molecular weight excluding hydrogens is 170 g/mol. The molecule has 0 N–H and O–H groups in total. The average molecular weight is 181 g/mol. The zero-order valence-electron chi connectivity index (χ0n) is 7.61. The molecule has 0 saturated heterocycles. The maximum Gasteiger partial charge on any atom is 0.356 e. The molecule has 0 unspecified atom stereocenters. The van der Waals surface area contributed by atoms with Crippen LogP contribution in [0.25, 0.3) is 0 Å². The van der Waals surface area contributed by atoms with E-state index in [0.717, 1.165) is 5.56 Å². The van der Waals surface area contributed by atoms with Gasteiger partial charge in [0.2, 0.25) is 0 Å². The summed E-state index contributed by atoms with van der Waals surface area (Å²) in [6, 6.07) is 3.44. The van der Waals surface area contributed by atoms with Crippen molar-refractivity contribution in [1.29, 1.82) is 0 Å². The molecule has 70 valence electrons. The van der Waals surface area contributed by atoms with Crippen LogP contribution in [0.2, 0.25) is 0 Å². The number of nitrogens with zero attached hydrogens (tertiary/aromatic N) is 1. The Morgan fingerprint density at radius 2 is 2.31 bits per heavy atom. The zero-order chi connectivity index (χ0) is 9.68. The highest BCUT2D eigenvalue weighted by molar-refractivity contribution is 5.87. The van der Waals surface area contributed by atoms with Gasteiger partial charge in [0.25, 0.3) is 0 Å². The van der Waals surface area contributed by atoms with Crippen molar-refractivity contribution in [2.75, 3.05) is 14.2 Å². The van der Waals surface area contributed by atoms with Crippen LogP contribution >= 0.6 is 0 Å². The summed E-state index contributed by atoms with van der Waals surface area (Å²) in [6.45, 7) is 0.465. The van der Waals surface area contributed by atoms with E-state index in [4.69, 9.17) is 4.74 Å².